The number of esters is 1. The highest BCUT2D eigenvalue weighted by molar-refractivity contribution is 7.99. The summed E-state index contributed by atoms with van der Waals surface area (Å²) in [6, 6.07) is 11.7. The van der Waals surface area contributed by atoms with E-state index in [-0.39, 0.29) is 29.5 Å². The first-order valence-electron chi connectivity index (χ1n) is 10.4. The zero-order valence-electron chi connectivity index (χ0n) is 18.9. The van der Waals surface area contributed by atoms with E-state index >= 15 is 0 Å². The number of aromatic nitrogens is 3. The van der Waals surface area contributed by atoms with Crippen LogP contribution in [-0.4, -0.2) is 50.3 Å². The normalized spacial score (nSPS) is 10.5. The van der Waals surface area contributed by atoms with Crippen molar-refractivity contribution in [2.45, 2.75) is 25.2 Å². The number of carbonyl (C=O) groups excluding carboxylic acids is 3. The molecule has 13 heteroatoms. The molecule has 0 unspecified atom stereocenters. The molecule has 0 saturated carbocycles. The first kappa shape index (κ1) is 25.4. The van der Waals surface area contributed by atoms with Crippen LogP contribution in [-0.2, 0) is 22.6 Å². The van der Waals surface area contributed by atoms with E-state index in [1.54, 1.807) is 28.8 Å². The maximum absolute atomic E-state index is 12.4. The lowest BCUT2D eigenvalue weighted by molar-refractivity contribution is -0.384. The van der Waals surface area contributed by atoms with Gasteiger partial charge in [0, 0.05) is 29.9 Å². The second-order valence-corrected chi connectivity index (χ2v) is 7.98. The largest absolute Gasteiger partial charge is 0.465 e. The number of amides is 2. The number of nitro groups is 1. The number of nitro benzene ring substituents is 1. The number of thioether (sulfide) groups is 1. The number of rotatable bonds is 10. The van der Waals surface area contributed by atoms with Gasteiger partial charge in [-0.1, -0.05) is 17.8 Å². The van der Waals surface area contributed by atoms with Gasteiger partial charge in [-0.25, -0.2) is 4.79 Å². The van der Waals surface area contributed by atoms with Crippen LogP contribution in [0, 0.1) is 10.1 Å². The van der Waals surface area contributed by atoms with Gasteiger partial charge in [-0.3, -0.25) is 19.7 Å². The maximum atomic E-state index is 12.4. The summed E-state index contributed by atoms with van der Waals surface area (Å²) in [5.41, 5.74) is 0.893. The monoisotopic (exact) mass is 498 g/mol. The lowest BCUT2D eigenvalue weighted by Crippen LogP contribution is -2.25. The van der Waals surface area contributed by atoms with Crippen molar-refractivity contribution in [2.24, 2.45) is 0 Å². The first-order valence-corrected chi connectivity index (χ1v) is 11.4. The van der Waals surface area contributed by atoms with Gasteiger partial charge in [-0.05, 0) is 37.3 Å². The van der Waals surface area contributed by atoms with E-state index in [9.17, 15) is 24.5 Å². The van der Waals surface area contributed by atoms with Crippen LogP contribution in [0.4, 0.5) is 11.4 Å². The average Bonchev–Trinajstić information content (AvgIpc) is 3.27. The Kier molecular flexibility index (Phi) is 8.51. The predicted molar refractivity (Wildman–Crippen MR) is 127 cm³/mol. The van der Waals surface area contributed by atoms with Crippen molar-refractivity contribution >= 4 is 40.9 Å². The van der Waals surface area contributed by atoms with Crippen LogP contribution in [0.3, 0.4) is 0 Å². The van der Waals surface area contributed by atoms with Gasteiger partial charge in [-0.15, -0.1) is 10.2 Å². The van der Waals surface area contributed by atoms with Crippen LogP contribution in [0.15, 0.2) is 53.7 Å². The molecule has 2 aromatic carbocycles. The summed E-state index contributed by atoms with van der Waals surface area (Å²) in [5, 5.41) is 25.0. The minimum atomic E-state index is -0.568. The molecule has 0 atom stereocenters. The Balaban J connectivity index is 1.56. The zero-order valence-corrected chi connectivity index (χ0v) is 19.7. The summed E-state index contributed by atoms with van der Waals surface area (Å²) in [5.74, 6) is -0.670. The van der Waals surface area contributed by atoms with Crippen LogP contribution in [0.25, 0.3) is 0 Å². The summed E-state index contributed by atoms with van der Waals surface area (Å²) < 4.78 is 6.40. The Morgan fingerprint density at radius 2 is 1.86 bits per heavy atom. The smallest absolute Gasteiger partial charge is 0.337 e. The second-order valence-electron chi connectivity index (χ2n) is 7.04. The summed E-state index contributed by atoms with van der Waals surface area (Å²) in [4.78, 5) is 46.5. The summed E-state index contributed by atoms with van der Waals surface area (Å²) in [6.07, 6.45) is 0. The fourth-order valence-corrected chi connectivity index (χ4v) is 3.85. The second kappa shape index (κ2) is 11.7. The molecule has 0 spiro atoms. The van der Waals surface area contributed by atoms with Gasteiger partial charge in [0.05, 0.1) is 29.9 Å². The van der Waals surface area contributed by atoms with Crippen molar-refractivity contribution in [3.05, 3.63) is 75.6 Å². The van der Waals surface area contributed by atoms with E-state index in [0.717, 1.165) is 0 Å². The minimum Gasteiger partial charge on any atom is -0.465 e. The number of nitrogens with zero attached hydrogens (tertiary/aromatic N) is 4. The number of nitrogens with one attached hydrogen (secondary N) is 2. The molecule has 0 aliphatic rings. The fraction of sp³-hybridized carbons (Fsp3) is 0.227. The molecule has 3 rings (SSSR count). The number of hydrogen-bond donors (Lipinski definition) is 2. The van der Waals surface area contributed by atoms with Crippen LogP contribution >= 0.6 is 11.8 Å². The van der Waals surface area contributed by atoms with Crippen molar-refractivity contribution in [3.63, 3.8) is 0 Å². The van der Waals surface area contributed by atoms with E-state index in [1.165, 1.54) is 43.1 Å². The number of ether oxygens (including phenoxy) is 1. The Labute approximate surface area is 204 Å². The minimum absolute atomic E-state index is 0.0572. The van der Waals surface area contributed by atoms with Crippen molar-refractivity contribution in [2.75, 3.05) is 18.2 Å². The highest BCUT2D eigenvalue weighted by atomic mass is 32.2. The fourth-order valence-electron chi connectivity index (χ4n) is 3.03. The molecule has 0 aliphatic carbocycles. The van der Waals surface area contributed by atoms with E-state index < -0.39 is 16.8 Å². The summed E-state index contributed by atoms with van der Waals surface area (Å²) >= 11 is 1.18. The molecule has 182 valence electrons. The van der Waals surface area contributed by atoms with Crippen molar-refractivity contribution in [3.8, 4) is 0 Å². The van der Waals surface area contributed by atoms with Crippen LogP contribution in [0.2, 0.25) is 0 Å². The highest BCUT2D eigenvalue weighted by Gasteiger charge is 2.16. The number of hydrogen-bond acceptors (Lipinski definition) is 9. The molecular weight excluding hydrogens is 476 g/mol. The van der Waals surface area contributed by atoms with E-state index in [0.29, 0.717) is 28.8 Å². The Morgan fingerprint density at radius 3 is 2.51 bits per heavy atom. The van der Waals surface area contributed by atoms with Crippen molar-refractivity contribution < 1.29 is 24.0 Å². The van der Waals surface area contributed by atoms with Crippen molar-refractivity contribution in [1.29, 1.82) is 0 Å². The van der Waals surface area contributed by atoms with Gasteiger partial charge in [0.15, 0.2) is 11.0 Å². The molecule has 0 aliphatic heterocycles. The third-order valence-corrected chi connectivity index (χ3v) is 5.72. The van der Waals surface area contributed by atoms with Crippen molar-refractivity contribution in [1.82, 2.24) is 20.1 Å². The van der Waals surface area contributed by atoms with Gasteiger partial charge in [0.1, 0.15) is 0 Å². The molecule has 0 saturated heterocycles. The quantitative estimate of drug-likeness (QED) is 0.185. The van der Waals surface area contributed by atoms with E-state index in [2.05, 4.69) is 25.6 Å². The number of anilines is 1. The highest BCUT2D eigenvalue weighted by Crippen LogP contribution is 2.19. The number of benzene rings is 2. The van der Waals surface area contributed by atoms with Gasteiger partial charge < -0.3 is 19.9 Å². The molecule has 0 bridgehead atoms. The molecule has 35 heavy (non-hydrogen) atoms. The van der Waals surface area contributed by atoms with E-state index in [1.807, 2.05) is 6.92 Å². The van der Waals surface area contributed by atoms with Crippen LogP contribution in [0.5, 0.6) is 0 Å². The third-order valence-electron chi connectivity index (χ3n) is 4.76. The lowest BCUT2D eigenvalue weighted by atomic mass is 10.2. The van der Waals surface area contributed by atoms with Gasteiger partial charge in [-0.2, -0.15) is 0 Å². The molecule has 12 nitrogen and oxygen atoms in total. The third kappa shape index (κ3) is 6.63. The Bertz CT molecular complexity index is 1240. The van der Waals surface area contributed by atoms with Crippen LogP contribution < -0.4 is 10.6 Å². The average molecular weight is 499 g/mol. The molecule has 3 aromatic rings. The maximum Gasteiger partial charge on any atom is 0.337 e. The zero-order chi connectivity index (χ0) is 25.4. The first-order chi connectivity index (χ1) is 16.8. The number of methoxy groups -OCH3 is 1. The predicted octanol–water partition coefficient (Wildman–Crippen LogP) is 2.65. The SMILES string of the molecule is CCn1c(CNC(=O)c2cccc([N+](=O)[O-])c2)nnc1SCC(=O)Nc1ccc(C(=O)OC)cc1. The summed E-state index contributed by atoms with van der Waals surface area (Å²) in [7, 11) is 1.29. The molecule has 0 radical (unpaired) electrons. The Hall–Kier alpha value is -4.26. The number of non-ortho nitro benzene ring substituents is 1. The molecule has 1 aromatic heterocycles. The topological polar surface area (TPSA) is 158 Å². The van der Waals surface area contributed by atoms with Crippen LogP contribution in [0.1, 0.15) is 33.5 Å². The molecule has 0 fully saturated rings. The van der Waals surface area contributed by atoms with E-state index in [4.69, 9.17) is 0 Å². The number of carbonyl (C=O) groups is 3. The lowest BCUT2D eigenvalue weighted by Gasteiger charge is -2.09. The Morgan fingerprint density at radius 1 is 1.11 bits per heavy atom. The molecule has 1 heterocycles. The van der Waals surface area contributed by atoms with Gasteiger partial charge in [0.25, 0.3) is 11.6 Å². The molecule has 2 amide bonds. The summed E-state index contributed by atoms with van der Waals surface area (Å²) in [6.45, 7) is 2.44. The van der Waals surface area contributed by atoms with Gasteiger partial charge in [0.2, 0.25) is 5.91 Å². The molecule has 2 N–H and O–H groups in total. The molecular formula is C22H22N6O6S. The standard InChI is InChI=1S/C22H22N6O6S/c1-3-27-18(12-23-20(30)15-5-4-6-17(11-15)28(32)33)25-26-22(27)35-13-19(29)24-16-9-7-14(8-10-16)21(31)34-2/h4-11H,3,12-13H2,1-2H3,(H,23,30)(H,24,29). The van der Waals surface area contributed by atoms with Gasteiger partial charge >= 0.3 is 5.97 Å².